The Labute approximate surface area is 177 Å². The van der Waals surface area contributed by atoms with E-state index in [1.165, 1.54) is 7.11 Å². The quantitative estimate of drug-likeness (QED) is 0.397. The maximum Gasteiger partial charge on any atom is 0.337 e. The number of esters is 1. The third kappa shape index (κ3) is 4.72. The molecule has 2 aromatic rings. The lowest BCUT2D eigenvalue weighted by molar-refractivity contribution is -0.310. The standard InChI is InChI=1S/C21H17NO5S2/c1-27-20(26)15-9-7-14(8-10-15)12-17-18(23)22(21(28)29-17)16(19(24)25)11-13-5-3-2-4-6-13/h2-10,12,16H,11H2,1H3,(H,24,25)/p-1/b17-12-/t16-/m0/s1. The molecule has 148 valence electrons. The number of hydrogen-bond acceptors (Lipinski definition) is 7. The van der Waals surface area contributed by atoms with Crippen LogP contribution in [0.3, 0.4) is 0 Å². The molecule has 1 heterocycles. The molecule has 0 unspecified atom stereocenters. The van der Waals surface area contributed by atoms with Crippen LogP contribution in [-0.2, 0) is 20.7 Å². The number of carbonyl (C=O) groups is 3. The minimum Gasteiger partial charge on any atom is -0.548 e. The molecular formula is C21H16NO5S2-. The Morgan fingerprint density at radius 3 is 2.41 bits per heavy atom. The van der Waals surface area contributed by atoms with Crippen molar-refractivity contribution in [2.24, 2.45) is 0 Å². The highest BCUT2D eigenvalue weighted by atomic mass is 32.2. The van der Waals surface area contributed by atoms with Crippen molar-refractivity contribution in [3.63, 3.8) is 0 Å². The summed E-state index contributed by atoms with van der Waals surface area (Å²) in [5.74, 6) is -2.31. The number of carboxylic acids is 1. The summed E-state index contributed by atoms with van der Waals surface area (Å²) in [4.78, 5) is 37.5. The van der Waals surface area contributed by atoms with E-state index >= 15 is 0 Å². The van der Waals surface area contributed by atoms with Gasteiger partial charge in [-0.15, -0.1) is 0 Å². The third-order valence-corrected chi connectivity index (χ3v) is 5.64. The van der Waals surface area contributed by atoms with E-state index in [1.54, 1.807) is 54.6 Å². The van der Waals surface area contributed by atoms with Crippen LogP contribution in [0.2, 0.25) is 0 Å². The molecular weight excluding hydrogens is 410 g/mol. The first-order chi connectivity index (χ1) is 13.9. The summed E-state index contributed by atoms with van der Waals surface area (Å²) in [6.07, 6.45) is 1.70. The Morgan fingerprint density at radius 1 is 1.17 bits per heavy atom. The number of nitrogens with zero attached hydrogens (tertiary/aromatic N) is 1. The lowest BCUT2D eigenvalue weighted by atomic mass is 10.0. The average Bonchev–Trinajstić information content (AvgIpc) is 2.99. The van der Waals surface area contributed by atoms with Crippen molar-refractivity contribution < 1.29 is 24.2 Å². The van der Waals surface area contributed by atoms with Gasteiger partial charge < -0.3 is 14.6 Å². The van der Waals surface area contributed by atoms with Gasteiger partial charge in [0, 0.05) is 0 Å². The molecule has 0 N–H and O–H groups in total. The Balaban J connectivity index is 1.83. The lowest BCUT2D eigenvalue weighted by Crippen LogP contribution is -2.51. The van der Waals surface area contributed by atoms with Gasteiger partial charge >= 0.3 is 5.97 Å². The molecule has 1 aliphatic heterocycles. The number of benzene rings is 2. The smallest absolute Gasteiger partial charge is 0.337 e. The van der Waals surface area contributed by atoms with Gasteiger partial charge in [0.1, 0.15) is 4.32 Å². The molecule has 2 aromatic carbocycles. The first-order valence-electron chi connectivity index (χ1n) is 8.61. The monoisotopic (exact) mass is 426 g/mol. The fourth-order valence-electron chi connectivity index (χ4n) is 2.85. The van der Waals surface area contributed by atoms with Crippen LogP contribution in [0.15, 0.2) is 59.5 Å². The molecule has 1 fully saturated rings. The summed E-state index contributed by atoms with van der Waals surface area (Å²) in [5, 5.41) is 11.7. The summed E-state index contributed by atoms with van der Waals surface area (Å²) in [6, 6.07) is 14.3. The van der Waals surface area contributed by atoms with Crippen molar-refractivity contribution in [2.45, 2.75) is 12.5 Å². The number of aliphatic carboxylic acids is 1. The molecule has 1 aliphatic rings. The normalized spacial score (nSPS) is 16.2. The molecule has 0 radical (unpaired) electrons. The van der Waals surface area contributed by atoms with Gasteiger partial charge in [0.05, 0.1) is 29.6 Å². The van der Waals surface area contributed by atoms with Crippen LogP contribution >= 0.6 is 24.0 Å². The summed E-state index contributed by atoms with van der Waals surface area (Å²) in [6.45, 7) is 0. The number of thioether (sulfide) groups is 1. The van der Waals surface area contributed by atoms with Gasteiger partial charge in [-0.05, 0) is 35.8 Å². The fraction of sp³-hybridized carbons (Fsp3) is 0.143. The molecule has 29 heavy (non-hydrogen) atoms. The van der Waals surface area contributed by atoms with E-state index in [0.717, 1.165) is 22.2 Å². The van der Waals surface area contributed by atoms with E-state index in [0.29, 0.717) is 16.0 Å². The third-order valence-electron chi connectivity index (χ3n) is 4.31. The Bertz CT molecular complexity index is 986. The van der Waals surface area contributed by atoms with Crippen LogP contribution in [0, 0.1) is 0 Å². The van der Waals surface area contributed by atoms with Crippen LogP contribution in [0.1, 0.15) is 21.5 Å². The molecule has 0 aliphatic carbocycles. The van der Waals surface area contributed by atoms with Gasteiger partial charge in [-0.2, -0.15) is 0 Å². The molecule has 0 aromatic heterocycles. The topological polar surface area (TPSA) is 86.7 Å². The van der Waals surface area contributed by atoms with E-state index in [2.05, 4.69) is 4.74 Å². The molecule has 1 saturated heterocycles. The van der Waals surface area contributed by atoms with Gasteiger partial charge in [0.15, 0.2) is 0 Å². The largest absolute Gasteiger partial charge is 0.548 e. The number of carboxylic acid groups (broad SMARTS) is 1. The van der Waals surface area contributed by atoms with E-state index in [-0.39, 0.29) is 10.7 Å². The second kappa shape index (κ2) is 9.02. The Morgan fingerprint density at radius 2 is 1.83 bits per heavy atom. The molecule has 0 bridgehead atoms. The zero-order valence-corrected chi connectivity index (χ0v) is 17.0. The Hall–Kier alpha value is -2.97. The molecule has 6 nitrogen and oxygen atoms in total. The van der Waals surface area contributed by atoms with Gasteiger partial charge in [0.25, 0.3) is 5.91 Å². The van der Waals surface area contributed by atoms with Gasteiger partial charge in [-0.3, -0.25) is 9.69 Å². The number of carbonyl (C=O) groups excluding carboxylic acids is 3. The minimum absolute atomic E-state index is 0.0940. The second-order valence-corrected chi connectivity index (χ2v) is 7.87. The Kier molecular flexibility index (Phi) is 6.46. The average molecular weight is 426 g/mol. The maximum absolute atomic E-state index is 12.9. The van der Waals surface area contributed by atoms with Crippen molar-refractivity contribution in [3.8, 4) is 0 Å². The van der Waals surface area contributed by atoms with Crippen LogP contribution in [-0.4, -0.2) is 40.2 Å². The number of amides is 1. The van der Waals surface area contributed by atoms with E-state index in [1.807, 2.05) is 6.07 Å². The molecule has 3 rings (SSSR count). The highest BCUT2D eigenvalue weighted by molar-refractivity contribution is 8.26. The summed E-state index contributed by atoms with van der Waals surface area (Å²) in [7, 11) is 1.30. The first kappa shape index (κ1) is 20.8. The number of methoxy groups -OCH3 is 1. The lowest BCUT2D eigenvalue weighted by Gasteiger charge is -2.27. The zero-order valence-electron chi connectivity index (χ0n) is 15.4. The van der Waals surface area contributed by atoms with Crippen molar-refractivity contribution >= 4 is 52.2 Å². The van der Waals surface area contributed by atoms with Crippen molar-refractivity contribution in [2.75, 3.05) is 7.11 Å². The fourth-order valence-corrected chi connectivity index (χ4v) is 4.21. The minimum atomic E-state index is -1.37. The van der Waals surface area contributed by atoms with Crippen LogP contribution in [0.5, 0.6) is 0 Å². The predicted molar refractivity (Wildman–Crippen MR) is 112 cm³/mol. The zero-order chi connectivity index (χ0) is 21.0. The highest BCUT2D eigenvalue weighted by Crippen LogP contribution is 2.34. The van der Waals surface area contributed by atoms with Crippen LogP contribution < -0.4 is 5.11 Å². The van der Waals surface area contributed by atoms with Crippen molar-refractivity contribution in [3.05, 3.63) is 76.2 Å². The SMILES string of the molecule is COC(=O)c1ccc(/C=C2\SC(=S)N([C@@H](Cc3ccccc3)C(=O)[O-])C2=O)cc1. The maximum atomic E-state index is 12.9. The molecule has 8 heteroatoms. The van der Waals surface area contributed by atoms with E-state index < -0.39 is 23.9 Å². The number of hydrogen-bond donors (Lipinski definition) is 0. The summed E-state index contributed by atoms with van der Waals surface area (Å²) < 4.78 is 4.82. The molecule has 1 atom stereocenters. The predicted octanol–water partition coefficient (Wildman–Crippen LogP) is 2.04. The first-order valence-corrected chi connectivity index (χ1v) is 9.83. The van der Waals surface area contributed by atoms with Crippen LogP contribution in [0.4, 0.5) is 0 Å². The summed E-state index contributed by atoms with van der Waals surface area (Å²) >= 11 is 6.30. The number of rotatable bonds is 6. The second-order valence-electron chi connectivity index (χ2n) is 6.19. The number of ether oxygens (including phenoxy) is 1. The molecule has 1 amide bonds. The van der Waals surface area contributed by atoms with Gasteiger partial charge in [-0.25, -0.2) is 4.79 Å². The van der Waals surface area contributed by atoms with Crippen molar-refractivity contribution in [1.29, 1.82) is 0 Å². The highest BCUT2D eigenvalue weighted by Gasteiger charge is 2.37. The van der Waals surface area contributed by atoms with E-state index in [9.17, 15) is 19.5 Å². The summed E-state index contributed by atoms with van der Waals surface area (Å²) in [5.41, 5.74) is 1.82. The van der Waals surface area contributed by atoms with Crippen LogP contribution in [0.25, 0.3) is 6.08 Å². The van der Waals surface area contributed by atoms with Gasteiger partial charge in [-0.1, -0.05) is 66.4 Å². The van der Waals surface area contributed by atoms with E-state index in [4.69, 9.17) is 12.2 Å². The van der Waals surface area contributed by atoms with Crippen molar-refractivity contribution in [1.82, 2.24) is 4.90 Å². The van der Waals surface area contributed by atoms with Gasteiger partial charge in [0.2, 0.25) is 0 Å². The molecule has 0 spiro atoms. The molecule has 0 saturated carbocycles. The number of thiocarbonyl (C=S) groups is 1.